The second-order valence-corrected chi connectivity index (χ2v) is 7.88. The van der Waals surface area contributed by atoms with E-state index in [4.69, 9.17) is 0 Å². The fourth-order valence-electron chi connectivity index (χ4n) is 3.93. The zero-order valence-electron chi connectivity index (χ0n) is 17.3. The fraction of sp³-hybridized carbons (Fsp3) is 0.391. The Morgan fingerprint density at radius 2 is 1.66 bits per heavy atom. The summed E-state index contributed by atoms with van der Waals surface area (Å²) in [7, 11) is 0. The van der Waals surface area contributed by atoms with Gasteiger partial charge in [0, 0.05) is 11.6 Å². The number of phenols is 1. The second kappa shape index (κ2) is 9.09. The van der Waals surface area contributed by atoms with Gasteiger partial charge in [-0.05, 0) is 70.0 Å². The van der Waals surface area contributed by atoms with Crippen molar-refractivity contribution in [2.24, 2.45) is 5.92 Å². The molecule has 0 radical (unpaired) electrons. The first-order valence-electron chi connectivity index (χ1n) is 10.0. The third-order valence-corrected chi connectivity index (χ3v) is 5.43. The van der Waals surface area contributed by atoms with Crippen molar-refractivity contribution in [1.29, 1.82) is 0 Å². The number of aromatic hydroxyl groups is 1. The SMILES string of the molecule is Cc1cc(C)c(NC(=O)CN2CCC(C(=O)Nc3ccccc3O)CC2)c(C)c1. The molecular weight excluding hydrogens is 366 g/mol. The van der Waals surface area contributed by atoms with Crippen LogP contribution >= 0.6 is 0 Å². The second-order valence-electron chi connectivity index (χ2n) is 7.88. The minimum Gasteiger partial charge on any atom is -0.506 e. The Kier molecular flexibility index (Phi) is 6.54. The third kappa shape index (κ3) is 5.35. The Morgan fingerprint density at radius 1 is 1.03 bits per heavy atom. The van der Waals surface area contributed by atoms with Gasteiger partial charge >= 0.3 is 0 Å². The van der Waals surface area contributed by atoms with Crippen molar-refractivity contribution >= 4 is 23.2 Å². The van der Waals surface area contributed by atoms with Gasteiger partial charge in [0.05, 0.1) is 12.2 Å². The molecule has 0 unspecified atom stereocenters. The fourth-order valence-corrected chi connectivity index (χ4v) is 3.93. The molecule has 0 aliphatic carbocycles. The number of carbonyl (C=O) groups is 2. The lowest BCUT2D eigenvalue weighted by Gasteiger charge is -2.30. The van der Waals surface area contributed by atoms with E-state index in [1.165, 1.54) is 5.56 Å². The summed E-state index contributed by atoms with van der Waals surface area (Å²) in [5, 5.41) is 15.6. The Bertz CT molecular complexity index is 879. The molecule has 1 aliphatic rings. The number of piperidine rings is 1. The highest BCUT2D eigenvalue weighted by atomic mass is 16.3. The highest BCUT2D eigenvalue weighted by Crippen LogP contribution is 2.25. The number of likely N-dealkylation sites (tertiary alicyclic amines) is 1. The van der Waals surface area contributed by atoms with Crippen LogP contribution in [0.3, 0.4) is 0 Å². The van der Waals surface area contributed by atoms with E-state index in [2.05, 4.69) is 27.7 Å². The van der Waals surface area contributed by atoms with Crippen molar-refractivity contribution in [3.63, 3.8) is 0 Å². The number of nitrogens with one attached hydrogen (secondary N) is 2. The summed E-state index contributed by atoms with van der Waals surface area (Å²) >= 11 is 0. The van der Waals surface area contributed by atoms with Gasteiger partial charge in [-0.15, -0.1) is 0 Å². The molecule has 3 N–H and O–H groups in total. The number of hydrogen-bond donors (Lipinski definition) is 3. The smallest absolute Gasteiger partial charge is 0.238 e. The van der Waals surface area contributed by atoms with Crippen LogP contribution < -0.4 is 10.6 Å². The van der Waals surface area contributed by atoms with Gasteiger partial charge in [0.15, 0.2) is 0 Å². The van der Waals surface area contributed by atoms with Crippen LogP contribution in [0.25, 0.3) is 0 Å². The summed E-state index contributed by atoms with van der Waals surface area (Å²) in [5.74, 6) is -0.161. The van der Waals surface area contributed by atoms with Gasteiger partial charge in [0.2, 0.25) is 11.8 Å². The number of phenolic OH excluding ortho intramolecular Hbond substituents is 1. The van der Waals surface area contributed by atoms with Crippen LogP contribution in [0.15, 0.2) is 36.4 Å². The Morgan fingerprint density at radius 3 is 2.28 bits per heavy atom. The minimum absolute atomic E-state index is 0.0304. The van der Waals surface area contributed by atoms with Crippen molar-refractivity contribution in [3.8, 4) is 5.75 Å². The molecular formula is C23H29N3O3. The number of carbonyl (C=O) groups excluding carboxylic acids is 2. The number of benzene rings is 2. The van der Waals surface area contributed by atoms with E-state index in [0.29, 0.717) is 38.2 Å². The van der Waals surface area contributed by atoms with Crippen molar-refractivity contribution in [3.05, 3.63) is 53.1 Å². The van der Waals surface area contributed by atoms with Gasteiger partial charge < -0.3 is 15.7 Å². The van der Waals surface area contributed by atoms with E-state index in [-0.39, 0.29) is 23.5 Å². The molecule has 6 nitrogen and oxygen atoms in total. The predicted molar refractivity (Wildman–Crippen MR) is 115 cm³/mol. The maximum absolute atomic E-state index is 12.5. The number of anilines is 2. The molecule has 1 heterocycles. The molecule has 3 rings (SSSR count). The summed E-state index contributed by atoms with van der Waals surface area (Å²) in [5.41, 5.74) is 4.63. The number of hydrogen-bond acceptors (Lipinski definition) is 4. The Hall–Kier alpha value is -2.86. The molecule has 154 valence electrons. The Balaban J connectivity index is 1.49. The standard InChI is InChI=1S/C23H29N3O3/c1-15-12-16(2)22(17(3)13-15)25-21(28)14-26-10-8-18(9-11-26)23(29)24-19-6-4-5-7-20(19)27/h4-7,12-13,18,27H,8-11,14H2,1-3H3,(H,24,29)(H,25,28). The molecule has 6 heteroatoms. The summed E-state index contributed by atoms with van der Waals surface area (Å²) in [6.07, 6.45) is 1.38. The number of nitrogens with zero attached hydrogens (tertiary/aromatic N) is 1. The average molecular weight is 396 g/mol. The lowest BCUT2D eigenvalue weighted by atomic mass is 9.95. The van der Waals surface area contributed by atoms with Crippen LogP contribution in [0.2, 0.25) is 0 Å². The summed E-state index contributed by atoms with van der Waals surface area (Å²) in [6.45, 7) is 7.76. The van der Waals surface area contributed by atoms with E-state index >= 15 is 0 Å². The van der Waals surface area contributed by atoms with Crippen LogP contribution in [-0.4, -0.2) is 41.5 Å². The predicted octanol–water partition coefficient (Wildman–Crippen LogP) is 3.61. The van der Waals surface area contributed by atoms with Gasteiger partial charge in [0.1, 0.15) is 5.75 Å². The van der Waals surface area contributed by atoms with Crippen LogP contribution in [0.4, 0.5) is 11.4 Å². The molecule has 29 heavy (non-hydrogen) atoms. The first kappa shape index (κ1) is 20.9. The van der Waals surface area contributed by atoms with Crippen LogP contribution in [0.1, 0.15) is 29.5 Å². The van der Waals surface area contributed by atoms with E-state index < -0.39 is 0 Å². The first-order chi connectivity index (χ1) is 13.8. The zero-order valence-corrected chi connectivity index (χ0v) is 17.3. The van der Waals surface area contributed by atoms with Crippen LogP contribution in [-0.2, 0) is 9.59 Å². The number of rotatable bonds is 5. The lowest BCUT2D eigenvalue weighted by Crippen LogP contribution is -2.41. The van der Waals surface area contributed by atoms with E-state index in [1.807, 2.05) is 20.8 Å². The normalized spacial score (nSPS) is 15.1. The zero-order chi connectivity index (χ0) is 21.0. The highest BCUT2D eigenvalue weighted by molar-refractivity contribution is 5.94. The number of aryl methyl sites for hydroxylation is 3. The summed E-state index contributed by atoms with van der Waals surface area (Å²) in [4.78, 5) is 27.1. The number of amides is 2. The molecule has 1 fully saturated rings. The van der Waals surface area contributed by atoms with Crippen LogP contribution in [0.5, 0.6) is 5.75 Å². The largest absolute Gasteiger partial charge is 0.506 e. The quantitative estimate of drug-likeness (QED) is 0.676. The van der Waals surface area contributed by atoms with Crippen molar-refractivity contribution in [2.75, 3.05) is 30.3 Å². The monoisotopic (exact) mass is 395 g/mol. The van der Waals surface area contributed by atoms with Crippen molar-refractivity contribution in [1.82, 2.24) is 4.90 Å². The highest BCUT2D eigenvalue weighted by Gasteiger charge is 2.26. The maximum atomic E-state index is 12.5. The maximum Gasteiger partial charge on any atom is 0.238 e. The third-order valence-electron chi connectivity index (χ3n) is 5.43. The van der Waals surface area contributed by atoms with Gasteiger partial charge in [-0.2, -0.15) is 0 Å². The van der Waals surface area contributed by atoms with Crippen LogP contribution in [0, 0.1) is 26.7 Å². The van der Waals surface area contributed by atoms with Crippen molar-refractivity contribution < 1.29 is 14.7 Å². The lowest BCUT2D eigenvalue weighted by molar-refractivity contribution is -0.121. The molecule has 0 saturated carbocycles. The summed E-state index contributed by atoms with van der Waals surface area (Å²) < 4.78 is 0. The first-order valence-corrected chi connectivity index (χ1v) is 10.0. The molecule has 0 bridgehead atoms. The van der Waals surface area contributed by atoms with Gasteiger partial charge in [-0.3, -0.25) is 14.5 Å². The molecule has 1 aliphatic heterocycles. The van der Waals surface area contributed by atoms with Gasteiger partial charge in [-0.1, -0.05) is 29.8 Å². The van der Waals surface area contributed by atoms with Gasteiger partial charge in [-0.25, -0.2) is 0 Å². The molecule has 0 atom stereocenters. The topological polar surface area (TPSA) is 81.7 Å². The van der Waals surface area contributed by atoms with Gasteiger partial charge in [0.25, 0.3) is 0 Å². The molecule has 0 aromatic heterocycles. The molecule has 0 spiro atoms. The van der Waals surface area contributed by atoms with E-state index in [1.54, 1.807) is 24.3 Å². The average Bonchev–Trinajstić information content (AvgIpc) is 2.67. The van der Waals surface area contributed by atoms with E-state index in [0.717, 1.165) is 16.8 Å². The molecule has 2 amide bonds. The minimum atomic E-state index is -0.115. The molecule has 2 aromatic carbocycles. The Labute approximate surface area is 171 Å². The van der Waals surface area contributed by atoms with Crippen molar-refractivity contribution in [2.45, 2.75) is 33.6 Å². The number of para-hydroxylation sites is 2. The summed E-state index contributed by atoms with van der Waals surface area (Å²) in [6, 6.07) is 10.9. The van der Waals surface area contributed by atoms with E-state index in [9.17, 15) is 14.7 Å². The molecule has 1 saturated heterocycles. The molecule has 2 aromatic rings.